The second-order valence-electron chi connectivity index (χ2n) is 5.70. The highest BCUT2D eigenvalue weighted by molar-refractivity contribution is 5.87. The topological polar surface area (TPSA) is 38.1 Å². The summed E-state index contributed by atoms with van der Waals surface area (Å²) in [5.74, 6) is 0.139. The number of hydrogen-bond acceptors (Lipinski definition) is 2. The van der Waals surface area contributed by atoms with E-state index >= 15 is 0 Å². The maximum atomic E-state index is 12.3. The molecule has 1 aliphatic rings. The van der Waals surface area contributed by atoms with Crippen molar-refractivity contribution >= 4 is 5.91 Å². The van der Waals surface area contributed by atoms with Gasteiger partial charge in [0.2, 0.25) is 5.91 Å². The fraction of sp³-hybridized carbons (Fsp3) is 0.375. The normalized spacial score (nSPS) is 15.9. The molecule has 0 N–H and O–H groups in total. The summed E-state index contributed by atoms with van der Waals surface area (Å²) in [5, 5.41) is 4.69. The van der Waals surface area contributed by atoms with Gasteiger partial charge in [-0.1, -0.05) is 30.3 Å². The highest BCUT2D eigenvalue weighted by Crippen LogP contribution is 2.45. The van der Waals surface area contributed by atoms with E-state index in [1.165, 1.54) is 0 Å². The number of benzene rings is 1. The van der Waals surface area contributed by atoms with Gasteiger partial charge in [-0.2, -0.15) is 5.10 Å². The van der Waals surface area contributed by atoms with Crippen molar-refractivity contribution < 1.29 is 4.79 Å². The third kappa shape index (κ3) is 1.92. The lowest BCUT2D eigenvalue weighted by molar-refractivity contribution is -0.133. The van der Waals surface area contributed by atoms with Gasteiger partial charge in [0.05, 0.1) is 5.69 Å². The Labute approximate surface area is 119 Å². The molecule has 20 heavy (non-hydrogen) atoms. The molecule has 0 unspecified atom stereocenters. The molecular formula is C16H19N3O. The molecule has 0 saturated heterocycles. The predicted octanol–water partition coefficient (Wildman–Crippen LogP) is 2.44. The van der Waals surface area contributed by atoms with Gasteiger partial charge in [0, 0.05) is 25.9 Å². The maximum absolute atomic E-state index is 12.3. The van der Waals surface area contributed by atoms with Gasteiger partial charge in [-0.05, 0) is 25.3 Å². The molecule has 1 fully saturated rings. The number of likely N-dealkylation sites (N-methyl/N-ethyl adjacent to an activating group) is 1. The fourth-order valence-electron chi connectivity index (χ4n) is 2.64. The number of aromatic nitrogens is 2. The second-order valence-corrected chi connectivity index (χ2v) is 5.70. The summed E-state index contributed by atoms with van der Waals surface area (Å²) >= 11 is 0. The van der Waals surface area contributed by atoms with E-state index in [1.807, 2.05) is 48.1 Å². The van der Waals surface area contributed by atoms with Crippen LogP contribution in [0.1, 0.15) is 18.4 Å². The molecule has 0 radical (unpaired) electrons. The quantitative estimate of drug-likeness (QED) is 0.858. The number of amides is 1. The Kier molecular flexibility index (Phi) is 2.89. The van der Waals surface area contributed by atoms with Gasteiger partial charge in [-0.25, -0.2) is 0 Å². The Balaban J connectivity index is 2.00. The van der Waals surface area contributed by atoms with Crippen LogP contribution in [0.4, 0.5) is 0 Å². The lowest BCUT2D eigenvalue weighted by Gasteiger charge is -2.20. The van der Waals surface area contributed by atoms with Crippen LogP contribution in [0.2, 0.25) is 0 Å². The Morgan fingerprint density at radius 2 is 1.90 bits per heavy atom. The molecule has 0 spiro atoms. The molecule has 3 rings (SSSR count). The molecule has 1 amide bonds. The Bertz CT molecular complexity index is 639. The summed E-state index contributed by atoms with van der Waals surface area (Å²) in [5.41, 5.74) is 2.72. The molecule has 1 aromatic heterocycles. The standard InChI is InChI=1S/C16H19N3O/c1-12-11-19(16(9-10-16)15(20)18(2)3)17-14(12)13-7-5-4-6-8-13/h4-8,11H,9-10H2,1-3H3. The molecule has 1 heterocycles. The first-order valence-electron chi connectivity index (χ1n) is 6.88. The lowest BCUT2D eigenvalue weighted by atomic mass is 10.1. The van der Waals surface area contributed by atoms with Crippen molar-refractivity contribution in [1.82, 2.24) is 14.7 Å². The predicted molar refractivity (Wildman–Crippen MR) is 78.3 cm³/mol. The fourth-order valence-corrected chi connectivity index (χ4v) is 2.64. The molecule has 0 atom stereocenters. The van der Waals surface area contributed by atoms with Gasteiger partial charge in [-0.3, -0.25) is 9.48 Å². The van der Waals surface area contributed by atoms with E-state index in [-0.39, 0.29) is 5.91 Å². The minimum Gasteiger partial charge on any atom is -0.347 e. The van der Waals surface area contributed by atoms with Crippen molar-refractivity contribution in [3.8, 4) is 11.3 Å². The molecule has 2 aromatic rings. The third-order valence-electron chi connectivity index (χ3n) is 3.91. The highest BCUT2D eigenvalue weighted by atomic mass is 16.2. The highest BCUT2D eigenvalue weighted by Gasteiger charge is 2.53. The number of carbonyl (C=O) groups excluding carboxylic acids is 1. The zero-order valence-corrected chi connectivity index (χ0v) is 12.1. The van der Waals surface area contributed by atoms with E-state index < -0.39 is 5.54 Å². The molecule has 0 bridgehead atoms. The number of rotatable bonds is 3. The van der Waals surface area contributed by atoms with Crippen LogP contribution in [0.5, 0.6) is 0 Å². The molecule has 104 valence electrons. The van der Waals surface area contributed by atoms with E-state index in [4.69, 9.17) is 0 Å². The molecule has 4 heteroatoms. The minimum atomic E-state index is -0.443. The Morgan fingerprint density at radius 1 is 1.25 bits per heavy atom. The number of hydrogen-bond donors (Lipinski definition) is 0. The Morgan fingerprint density at radius 3 is 2.45 bits per heavy atom. The van der Waals surface area contributed by atoms with Crippen molar-refractivity contribution in [2.45, 2.75) is 25.3 Å². The lowest BCUT2D eigenvalue weighted by Crippen LogP contribution is -2.38. The first-order valence-corrected chi connectivity index (χ1v) is 6.88. The molecule has 1 aromatic carbocycles. The van der Waals surface area contributed by atoms with Gasteiger partial charge in [-0.15, -0.1) is 0 Å². The van der Waals surface area contributed by atoms with Crippen molar-refractivity contribution in [3.63, 3.8) is 0 Å². The largest absolute Gasteiger partial charge is 0.347 e. The average molecular weight is 269 g/mol. The smallest absolute Gasteiger partial charge is 0.250 e. The van der Waals surface area contributed by atoms with Crippen LogP contribution in [0.15, 0.2) is 36.5 Å². The first-order chi connectivity index (χ1) is 9.54. The summed E-state index contributed by atoms with van der Waals surface area (Å²) in [6, 6.07) is 10.1. The number of nitrogens with zero attached hydrogens (tertiary/aromatic N) is 3. The minimum absolute atomic E-state index is 0.139. The zero-order chi connectivity index (χ0) is 14.3. The zero-order valence-electron chi connectivity index (χ0n) is 12.1. The van der Waals surface area contributed by atoms with Crippen LogP contribution >= 0.6 is 0 Å². The van der Waals surface area contributed by atoms with Crippen LogP contribution in [0.3, 0.4) is 0 Å². The molecule has 1 saturated carbocycles. The molecule has 0 aliphatic heterocycles. The average Bonchev–Trinajstić information content (AvgIpc) is 3.16. The van der Waals surface area contributed by atoms with E-state index in [1.54, 1.807) is 19.0 Å². The monoisotopic (exact) mass is 269 g/mol. The van der Waals surface area contributed by atoms with Gasteiger partial charge >= 0.3 is 0 Å². The summed E-state index contributed by atoms with van der Waals surface area (Å²) in [6.45, 7) is 2.04. The first kappa shape index (κ1) is 12.9. The molecule has 4 nitrogen and oxygen atoms in total. The Hall–Kier alpha value is -2.10. The van der Waals surface area contributed by atoms with Gasteiger partial charge in [0.1, 0.15) is 5.54 Å². The van der Waals surface area contributed by atoms with E-state index in [0.717, 1.165) is 29.7 Å². The maximum Gasteiger partial charge on any atom is 0.250 e. The number of carbonyl (C=O) groups is 1. The summed E-state index contributed by atoms with van der Waals surface area (Å²) in [6.07, 6.45) is 3.75. The van der Waals surface area contributed by atoms with Crippen molar-refractivity contribution in [3.05, 3.63) is 42.1 Å². The van der Waals surface area contributed by atoms with Gasteiger partial charge in [0.25, 0.3) is 0 Å². The van der Waals surface area contributed by atoms with E-state index in [9.17, 15) is 4.79 Å². The van der Waals surface area contributed by atoms with Crippen LogP contribution in [0, 0.1) is 6.92 Å². The van der Waals surface area contributed by atoms with E-state index in [2.05, 4.69) is 5.10 Å². The summed E-state index contributed by atoms with van der Waals surface area (Å²) in [7, 11) is 3.60. The van der Waals surface area contributed by atoms with Crippen LogP contribution in [-0.2, 0) is 10.3 Å². The van der Waals surface area contributed by atoms with Gasteiger partial charge < -0.3 is 4.90 Å². The van der Waals surface area contributed by atoms with Crippen molar-refractivity contribution in [2.24, 2.45) is 0 Å². The van der Waals surface area contributed by atoms with Gasteiger partial charge in [0.15, 0.2) is 0 Å². The molecule has 1 aliphatic carbocycles. The second kappa shape index (κ2) is 4.47. The van der Waals surface area contributed by atoms with Crippen molar-refractivity contribution in [2.75, 3.05) is 14.1 Å². The van der Waals surface area contributed by atoms with Crippen molar-refractivity contribution in [1.29, 1.82) is 0 Å². The SMILES string of the molecule is Cc1cn(C2(C(=O)N(C)C)CC2)nc1-c1ccccc1. The number of aryl methyl sites for hydroxylation is 1. The van der Waals surface area contributed by atoms with Crippen LogP contribution in [-0.4, -0.2) is 34.7 Å². The molecular weight excluding hydrogens is 250 g/mol. The summed E-state index contributed by atoms with van der Waals surface area (Å²) in [4.78, 5) is 14.0. The summed E-state index contributed by atoms with van der Waals surface area (Å²) < 4.78 is 1.87. The van der Waals surface area contributed by atoms with Crippen LogP contribution in [0.25, 0.3) is 11.3 Å². The van der Waals surface area contributed by atoms with Crippen LogP contribution < -0.4 is 0 Å². The van der Waals surface area contributed by atoms with E-state index in [0.29, 0.717) is 0 Å². The third-order valence-corrected chi connectivity index (χ3v) is 3.91.